The summed E-state index contributed by atoms with van der Waals surface area (Å²) in [6.07, 6.45) is 2.36. The maximum atomic E-state index is 11.8. The van der Waals surface area contributed by atoms with Gasteiger partial charge in [-0.25, -0.2) is 0 Å². The Balaban J connectivity index is 2.46. The normalized spacial score (nSPS) is 13.5. The molecule has 192 valence electrons. The Hall–Kier alpha value is -0.913. The zero-order chi connectivity index (χ0) is 25.6. The predicted octanol–water partition coefficient (Wildman–Crippen LogP) is 6.88. The molecule has 0 saturated heterocycles. The minimum atomic E-state index is -1.38. The smallest absolute Gasteiger partial charge is 0.246 e. The van der Waals surface area contributed by atoms with Crippen LogP contribution in [0.1, 0.15) is 46.6 Å². The Kier molecular flexibility index (Phi) is 15.3. The van der Waals surface area contributed by atoms with Gasteiger partial charge >= 0.3 is 0 Å². The van der Waals surface area contributed by atoms with Gasteiger partial charge in [-0.3, -0.25) is 4.79 Å². The van der Waals surface area contributed by atoms with Gasteiger partial charge in [0.25, 0.3) is 0 Å². The number of ether oxygens (including phenoxy) is 2. The van der Waals surface area contributed by atoms with Crippen molar-refractivity contribution in [3.05, 3.63) is 29.8 Å². The second-order valence-corrected chi connectivity index (χ2v) is 18.5. The highest BCUT2D eigenvalue weighted by atomic mass is 33.1. The summed E-state index contributed by atoms with van der Waals surface area (Å²) in [4.78, 5) is 13.1. The van der Waals surface area contributed by atoms with E-state index in [0.29, 0.717) is 31.2 Å². The van der Waals surface area contributed by atoms with Crippen molar-refractivity contribution in [2.45, 2.75) is 83.0 Å². The van der Waals surface area contributed by atoms with Gasteiger partial charge in [0.2, 0.25) is 5.91 Å². The van der Waals surface area contributed by atoms with E-state index in [1.165, 1.54) is 16.9 Å². The van der Waals surface area contributed by atoms with E-state index in [-0.39, 0.29) is 18.0 Å². The van der Waals surface area contributed by atoms with E-state index in [4.69, 9.17) is 9.47 Å². The number of amides is 1. The van der Waals surface area contributed by atoms with E-state index in [1.807, 2.05) is 13.8 Å². The Morgan fingerprint density at radius 2 is 1.74 bits per heavy atom. The number of aryl methyl sites for hydroxylation is 1. The Morgan fingerprint density at radius 1 is 1.06 bits per heavy atom. The molecule has 34 heavy (non-hydrogen) atoms. The first-order valence-corrected chi connectivity index (χ1v) is 18.1. The van der Waals surface area contributed by atoms with Crippen LogP contribution in [0.15, 0.2) is 29.2 Å². The van der Waals surface area contributed by atoms with Crippen LogP contribution in [0.4, 0.5) is 0 Å². The highest BCUT2D eigenvalue weighted by Gasteiger charge is 2.31. The Bertz CT molecular complexity index is 767. The third-order valence-corrected chi connectivity index (χ3v) is 11.5. The molecule has 2 unspecified atom stereocenters. The lowest BCUT2D eigenvalue weighted by molar-refractivity contribution is -0.126. The number of hydrogen-bond donors (Lipinski definition) is 1. The number of carbonyl (C=O) groups excluding carboxylic acids is 1. The molecule has 0 spiro atoms. The molecule has 4 nitrogen and oxygen atoms in total. The molecule has 0 aliphatic carbocycles. The Labute approximate surface area is 217 Å². The molecule has 1 aromatic carbocycles. The van der Waals surface area contributed by atoms with Crippen LogP contribution in [0.25, 0.3) is 0 Å². The lowest BCUT2D eigenvalue weighted by atomic mass is 10.0. The topological polar surface area (TPSA) is 47.6 Å². The zero-order valence-corrected chi connectivity index (χ0v) is 25.0. The zero-order valence-electron chi connectivity index (χ0n) is 22.4. The molecule has 0 saturated carbocycles. The minimum Gasteiger partial charge on any atom is -0.369 e. The lowest BCUT2D eigenvalue weighted by Crippen LogP contribution is -2.34. The number of benzene rings is 1. The lowest BCUT2D eigenvalue weighted by Gasteiger charge is -2.32. The van der Waals surface area contributed by atoms with Crippen molar-refractivity contribution in [3.8, 4) is 11.8 Å². The monoisotopic (exact) mass is 523 g/mol. The standard InChI is InChI=1S/C27H45NO3S2Si/c1-21(2)10-9-17-28-26(29)20-30-18-19-31-27(23(5)34(6,7)8)33-32-25-15-13-24(14-16-25)12-11-22(3)4/h13-16,21-23,27H,11-12,17-20H2,1-8H3,(H,28,29). The average molecular weight is 524 g/mol. The van der Waals surface area contributed by atoms with E-state index >= 15 is 0 Å². The highest BCUT2D eigenvalue weighted by molar-refractivity contribution is 8.76. The van der Waals surface area contributed by atoms with E-state index in [9.17, 15) is 4.79 Å². The fraction of sp³-hybridized carbons (Fsp3) is 0.667. The molecule has 1 N–H and O–H groups in total. The third kappa shape index (κ3) is 14.5. The Morgan fingerprint density at radius 3 is 2.32 bits per heavy atom. The van der Waals surface area contributed by atoms with Gasteiger partial charge < -0.3 is 14.8 Å². The van der Waals surface area contributed by atoms with Gasteiger partial charge in [0.1, 0.15) is 12.0 Å². The highest BCUT2D eigenvalue weighted by Crippen LogP contribution is 2.42. The summed E-state index contributed by atoms with van der Waals surface area (Å²) in [7, 11) is 2.19. The molecule has 0 heterocycles. The maximum absolute atomic E-state index is 11.8. The van der Waals surface area contributed by atoms with Gasteiger partial charge in [-0.05, 0) is 42.0 Å². The van der Waals surface area contributed by atoms with Gasteiger partial charge in [-0.1, -0.05) is 99.8 Å². The molecule has 0 radical (unpaired) electrons. The molecule has 0 bridgehead atoms. The molecular weight excluding hydrogens is 479 g/mol. The van der Waals surface area contributed by atoms with Crippen molar-refractivity contribution >= 4 is 35.6 Å². The van der Waals surface area contributed by atoms with Gasteiger partial charge in [-0.15, -0.1) is 0 Å². The van der Waals surface area contributed by atoms with Gasteiger partial charge in [0.05, 0.1) is 27.8 Å². The molecule has 2 atom stereocenters. The average Bonchev–Trinajstić information content (AvgIpc) is 2.76. The summed E-state index contributed by atoms with van der Waals surface area (Å²) in [6, 6.07) is 8.93. The summed E-state index contributed by atoms with van der Waals surface area (Å²) in [5.41, 5.74) is 1.97. The molecule has 0 fully saturated rings. The van der Waals surface area contributed by atoms with Gasteiger partial charge in [0, 0.05) is 10.8 Å². The first-order chi connectivity index (χ1) is 16.0. The van der Waals surface area contributed by atoms with Crippen LogP contribution in [0.3, 0.4) is 0 Å². The van der Waals surface area contributed by atoms with Crippen LogP contribution < -0.4 is 5.32 Å². The van der Waals surface area contributed by atoms with Crippen molar-refractivity contribution < 1.29 is 14.3 Å². The van der Waals surface area contributed by atoms with Crippen molar-refractivity contribution in [3.63, 3.8) is 0 Å². The first kappa shape index (κ1) is 31.1. The molecule has 7 heteroatoms. The summed E-state index contributed by atoms with van der Waals surface area (Å²) >= 11 is 0. The van der Waals surface area contributed by atoms with E-state index < -0.39 is 8.07 Å². The third-order valence-electron chi connectivity index (χ3n) is 5.45. The quantitative estimate of drug-likeness (QED) is 0.0893. The van der Waals surface area contributed by atoms with Crippen LogP contribution >= 0.6 is 21.6 Å². The summed E-state index contributed by atoms with van der Waals surface area (Å²) in [5.74, 6) is 6.85. The van der Waals surface area contributed by atoms with E-state index in [0.717, 1.165) is 12.3 Å². The number of nitrogens with one attached hydrogen (secondary N) is 1. The molecule has 1 rings (SSSR count). The molecule has 1 amide bonds. The molecule has 0 aliphatic heterocycles. The molecule has 0 aliphatic rings. The number of rotatable bonds is 15. The van der Waals surface area contributed by atoms with Gasteiger partial charge in [0.15, 0.2) is 0 Å². The first-order valence-electron chi connectivity index (χ1n) is 12.4. The summed E-state index contributed by atoms with van der Waals surface area (Å²) in [5, 5.41) is 2.75. The van der Waals surface area contributed by atoms with E-state index in [1.54, 1.807) is 21.6 Å². The summed E-state index contributed by atoms with van der Waals surface area (Å²) < 4.78 is 11.8. The molecule has 1 aromatic rings. The molecule has 0 aromatic heterocycles. The largest absolute Gasteiger partial charge is 0.369 e. The molecular formula is C27H45NO3S2Si. The minimum absolute atomic E-state index is 0.0337. The van der Waals surface area contributed by atoms with Crippen LogP contribution in [-0.2, 0) is 20.7 Å². The van der Waals surface area contributed by atoms with Crippen LogP contribution in [0.5, 0.6) is 0 Å². The van der Waals surface area contributed by atoms with Crippen molar-refractivity contribution in [2.24, 2.45) is 11.8 Å². The van der Waals surface area contributed by atoms with E-state index in [2.05, 4.69) is 81.8 Å². The predicted molar refractivity (Wildman–Crippen MR) is 152 cm³/mol. The van der Waals surface area contributed by atoms with Crippen molar-refractivity contribution in [1.29, 1.82) is 0 Å². The SMILES string of the molecule is CC(C)C#CCNC(=O)COCCOC(SSc1ccc(CCC(C)C)cc1)C(C)[Si](C)(C)C. The number of hydrogen-bond acceptors (Lipinski definition) is 5. The second kappa shape index (κ2) is 16.7. The maximum Gasteiger partial charge on any atom is 0.246 e. The van der Waals surface area contributed by atoms with Crippen LogP contribution in [0, 0.1) is 23.7 Å². The number of carbonyl (C=O) groups is 1. The van der Waals surface area contributed by atoms with Crippen molar-refractivity contribution in [2.75, 3.05) is 26.4 Å². The van der Waals surface area contributed by atoms with Crippen LogP contribution in [-0.4, -0.2) is 45.8 Å². The summed E-state index contributed by atoms with van der Waals surface area (Å²) in [6.45, 7) is 19.3. The fourth-order valence-electron chi connectivity index (χ4n) is 2.77. The van der Waals surface area contributed by atoms with Crippen molar-refractivity contribution in [1.82, 2.24) is 5.32 Å². The van der Waals surface area contributed by atoms with Crippen LogP contribution in [0.2, 0.25) is 25.2 Å². The van der Waals surface area contributed by atoms with Gasteiger partial charge in [-0.2, -0.15) is 0 Å². The second-order valence-electron chi connectivity index (χ2n) is 10.5. The fourth-order valence-corrected chi connectivity index (χ4v) is 7.80.